The predicted octanol–water partition coefficient (Wildman–Crippen LogP) is 1.67. The Bertz CT molecular complexity index is 856. The molecule has 1 aliphatic rings. The number of nitrogens with one attached hydrogen (secondary N) is 1. The third-order valence-electron chi connectivity index (χ3n) is 4.74. The molecule has 1 atom stereocenters. The molecule has 3 rings (SSSR count). The zero-order valence-corrected chi connectivity index (χ0v) is 17.1. The summed E-state index contributed by atoms with van der Waals surface area (Å²) < 4.78 is 5.55. The second-order valence-electron chi connectivity index (χ2n) is 7.00. The van der Waals surface area contributed by atoms with E-state index in [1.807, 2.05) is 20.8 Å². The Hall–Kier alpha value is -2.97. The van der Waals surface area contributed by atoms with Crippen molar-refractivity contribution in [2.45, 2.75) is 33.2 Å². The maximum absolute atomic E-state index is 12.3. The molecular weight excluding hydrogens is 358 g/mol. The maximum Gasteiger partial charge on any atom is 0.291 e. The number of carbonyl (C=O) groups is 1. The molecule has 9 nitrogen and oxygen atoms in total. The van der Waals surface area contributed by atoms with Crippen molar-refractivity contribution < 1.29 is 9.53 Å². The molecule has 1 N–H and O–H groups in total. The number of ether oxygens (including phenoxy) is 1. The zero-order valence-electron chi connectivity index (χ0n) is 17.1. The van der Waals surface area contributed by atoms with Gasteiger partial charge >= 0.3 is 0 Å². The predicted molar refractivity (Wildman–Crippen MR) is 107 cm³/mol. The number of hydrogen-bond acceptors (Lipinski definition) is 8. The van der Waals surface area contributed by atoms with Gasteiger partial charge in [0.05, 0.1) is 6.61 Å². The van der Waals surface area contributed by atoms with E-state index in [1.54, 1.807) is 26.5 Å². The summed E-state index contributed by atoms with van der Waals surface area (Å²) in [5.74, 6) is 2.00. The average molecular weight is 385 g/mol. The van der Waals surface area contributed by atoms with Gasteiger partial charge in [-0.1, -0.05) is 0 Å². The zero-order chi connectivity index (χ0) is 20.3. The Morgan fingerprint density at radius 2 is 2.04 bits per heavy atom. The van der Waals surface area contributed by atoms with Crippen molar-refractivity contribution in [1.29, 1.82) is 0 Å². The van der Waals surface area contributed by atoms with E-state index < -0.39 is 0 Å². The molecule has 0 spiro atoms. The molecule has 28 heavy (non-hydrogen) atoms. The van der Waals surface area contributed by atoms with Gasteiger partial charge in [0, 0.05) is 56.9 Å². The van der Waals surface area contributed by atoms with Crippen LogP contribution in [0, 0.1) is 13.8 Å². The molecule has 150 valence electrons. The Kier molecular flexibility index (Phi) is 5.91. The fourth-order valence-corrected chi connectivity index (χ4v) is 3.15. The molecule has 0 radical (unpaired) electrons. The molecular formula is C19H27N7O2. The molecule has 1 saturated heterocycles. The molecule has 0 bridgehead atoms. The van der Waals surface area contributed by atoms with Crippen LogP contribution in [0.25, 0.3) is 0 Å². The van der Waals surface area contributed by atoms with Gasteiger partial charge in [0.25, 0.3) is 11.8 Å². The van der Waals surface area contributed by atoms with E-state index >= 15 is 0 Å². The minimum absolute atomic E-state index is 0.179. The largest absolute Gasteiger partial charge is 0.475 e. The SMILES string of the molecule is CCOc1nccnc1N[C@@H]1CCN(c2nc(C(=O)N(C)C)nc(C)c2C)C1. The van der Waals surface area contributed by atoms with E-state index in [4.69, 9.17) is 4.74 Å². The first-order valence-electron chi connectivity index (χ1n) is 9.42. The van der Waals surface area contributed by atoms with E-state index in [-0.39, 0.29) is 17.8 Å². The van der Waals surface area contributed by atoms with Crippen LogP contribution in [0.1, 0.15) is 35.2 Å². The molecule has 2 aromatic heterocycles. The second-order valence-corrected chi connectivity index (χ2v) is 7.00. The summed E-state index contributed by atoms with van der Waals surface area (Å²) in [7, 11) is 3.40. The molecule has 0 unspecified atom stereocenters. The van der Waals surface area contributed by atoms with Crippen molar-refractivity contribution in [3.8, 4) is 5.88 Å². The van der Waals surface area contributed by atoms with Crippen molar-refractivity contribution in [3.05, 3.63) is 29.5 Å². The Balaban J connectivity index is 1.78. The van der Waals surface area contributed by atoms with Gasteiger partial charge < -0.3 is 19.9 Å². The van der Waals surface area contributed by atoms with Gasteiger partial charge in [-0.3, -0.25) is 4.79 Å². The van der Waals surface area contributed by atoms with E-state index in [0.717, 1.165) is 36.6 Å². The van der Waals surface area contributed by atoms with E-state index in [0.29, 0.717) is 18.3 Å². The topological polar surface area (TPSA) is 96.4 Å². The molecule has 1 aliphatic heterocycles. The van der Waals surface area contributed by atoms with E-state index in [2.05, 4.69) is 30.2 Å². The third kappa shape index (κ3) is 4.13. The molecule has 9 heteroatoms. The standard InChI is InChI=1S/C19H27N7O2/c1-6-28-18-15(20-8-9-21-18)23-14-7-10-26(11-14)17-12(2)13(3)22-16(24-17)19(27)25(4)5/h8-9,14H,6-7,10-11H2,1-5H3,(H,20,23)/t14-/m1/s1. The Morgan fingerprint density at radius 3 is 2.75 bits per heavy atom. The van der Waals surface area contributed by atoms with E-state index in [9.17, 15) is 4.79 Å². The highest BCUT2D eigenvalue weighted by Gasteiger charge is 2.27. The number of hydrogen-bond donors (Lipinski definition) is 1. The first-order chi connectivity index (χ1) is 13.4. The lowest BCUT2D eigenvalue weighted by atomic mass is 10.2. The van der Waals surface area contributed by atoms with E-state index in [1.165, 1.54) is 4.90 Å². The van der Waals surface area contributed by atoms with Crippen molar-refractivity contribution in [1.82, 2.24) is 24.8 Å². The molecule has 1 amide bonds. The van der Waals surface area contributed by atoms with Crippen LogP contribution >= 0.6 is 0 Å². The van der Waals surface area contributed by atoms with Gasteiger partial charge in [0.2, 0.25) is 5.82 Å². The summed E-state index contributed by atoms with van der Waals surface area (Å²) in [5.41, 5.74) is 1.81. The van der Waals surface area contributed by atoms with Crippen molar-refractivity contribution in [2.24, 2.45) is 0 Å². The van der Waals surface area contributed by atoms with Crippen LogP contribution in [0.15, 0.2) is 12.4 Å². The van der Waals surface area contributed by atoms with Crippen LogP contribution in [0.5, 0.6) is 5.88 Å². The van der Waals surface area contributed by atoms with Crippen LogP contribution < -0.4 is 15.0 Å². The molecule has 0 aliphatic carbocycles. The van der Waals surface area contributed by atoms with Crippen molar-refractivity contribution >= 4 is 17.5 Å². The smallest absolute Gasteiger partial charge is 0.291 e. The lowest BCUT2D eigenvalue weighted by Crippen LogP contribution is -2.30. The lowest BCUT2D eigenvalue weighted by molar-refractivity contribution is 0.0815. The lowest BCUT2D eigenvalue weighted by Gasteiger charge is -2.22. The first kappa shape index (κ1) is 19.8. The van der Waals surface area contributed by atoms with Crippen LogP contribution in [-0.4, -0.2) is 70.6 Å². The summed E-state index contributed by atoms with van der Waals surface area (Å²) in [6.07, 6.45) is 4.18. The quantitative estimate of drug-likeness (QED) is 0.802. The molecule has 0 saturated carbocycles. The minimum atomic E-state index is -0.195. The van der Waals surface area contributed by atoms with Crippen molar-refractivity contribution in [2.75, 3.05) is 44.0 Å². The van der Waals surface area contributed by atoms with Gasteiger partial charge in [-0.15, -0.1) is 0 Å². The van der Waals surface area contributed by atoms with Gasteiger partial charge in [0.1, 0.15) is 5.82 Å². The second kappa shape index (κ2) is 8.37. The monoisotopic (exact) mass is 385 g/mol. The normalized spacial score (nSPS) is 16.2. The number of rotatable bonds is 6. The van der Waals surface area contributed by atoms with Crippen LogP contribution in [0.3, 0.4) is 0 Å². The van der Waals surface area contributed by atoms with Gasteiger partial charge in [-0.2, -0.15) is 0 Å². The molecule has 3 heterocycles. The number of carbonyl (C=O) groups excluding carboxylic acids is 1. The number of anilines is 2. The summed E-state index contributed by atoms with van der Waals surface area (Å²) >= 11 is 0. The number of nitrogens with zero attached hydrogens (tertiary/aromatic N) is 6. The first-order valence-corrected chi connectivity index (χ1v) is 9.42. The maximum atomic E-state index is 12.3. The highest BCUT2D eigenvalue weighted by atomic mass is 16.5. The summed E-state index contributed by atoms with van der Waals surface area (Å²) in [6, 6.07) is 0.179. The average Bonchev–Trinajstić information content (AvgIpc) is 3.13. The third-order valence-corrected chi connectivity index (χ3v) is 4.74. The molecule has 1 fully saturated rings. The van der Waals surface area contributed by atoms with Gasteiger partial charge in [-0.25, -0.2) is 19.9 Å². The highest BCUT2D eigenvalue weighted by Crippen LogP contribution is 2.27. The van der Waals surface area contributed by atoms with Crippen LogP contribution in [-0.2, 0) is 0 Å². The summed E-state index contributed by atoms with van der Waals surface area (Å²) in [4.78, 5) is 33.5. The molecule has 0 aromatic carbocycles. The van der Waals surface area contributed by atoms with Gasteiger partial charge in [0.15, 0.2) is 5.82 Å². The Morgan fingerprint density at radius 1 is 1.29 bits per heavy atom. The Labute approximate surface area is 165 Å². The summed E-state index contributed by atoms with van der Waals surface area (Å²) in [5, 5.41) is 3.42. The highest BCUT2D eigenvalue weighted by molar-refractivity contribution is 5.90. The van der Waals surface area contributed by atoms with Crippen LogP contribution in [0.2, 0.25) is 0 Å². The van der Waals surface area contributed by atoms with Gasteiger partial charge in [-0.05, 0) is 27.2 Å². The molecule has 2 aromatic rings. The fourth-order valence-electron chi connectivity index (χ4n) is 3.15. The van der Waals surface area contributed by atoms with Crippen molar-refractivity contribution in [3.63, 3.8) is 0 Å². The fraction of sp³-hybridized carbons (Fsp3) is 0.526. The minimum Gasteiger partial charge on any atom is -0.475 e. The summed E-state index contributed by atoms with van der Waals surface area (Å²) in [6.45, 7) is 7.93. The van der Waals surface area contributed by atoms with Crippen LogP contribution in [0.4, 0.5) is 11.6 Å². The number of amides is 1. The number of aryl methyl sites for hydroxylation is 1. The number of aromatic nitrogens is 4.